The molecule has 1 aliphatic rings. The minimum Gasteiger partial charge on any atom is -0.508 e. The highest BCUT2D eigenvalue weighted by Crippen LogP contribution is 2.40. The van der Waals surface area contributed by atoms with Gasteiger partial charge in [0, 0.05) is 18.9 Å². The van der Waals surface area contributed by atoms with E-state index >= 15 is 0 Å². The van der Waals surface area contributed by atoms with Crippen molar-refractivity contribution in [2.75, 3.05) is 0 Å². The van der Waals surface area contributed by atoms with E-state index in [0.717, 1.165) is 0 Å². The quantitative estimate of drug-likeness (QED) is 0.359. The van der Waals surface area contributed by atoms with Gasteiger partial charge in [0.2, 0.25) is 0 Å². The van der Waals surface area contributed by atoms with Crippen molar-refractivity contribution in [2.45, 2.75) is 44.8 Å². The molecule has 0 bridgehead atoms. The highest BCUT2D eigenvalue weighted by molar-refractivity contribution is 5.99. The summed E-state index contributed by atoms with van der Waals surface area (Å²) in [4.78, 5) is 12.5. The van der Waals surface area contributed by atoms with Crippen molar-refractivity contribution in [1.82, 2.24) is 0 Å². The molecule has 1 saturated heterocycles. The Morgan fingerprint density at radius 1 is 1.00 bits per heavy atom. The Morgan fingerprint density at radius 2 is 1.69 bits per heavy atom. The summed E-state index contributed by atoms with van der Waals surface area (Å²) in [6.07, 6.45) is 0.903. The Balaban J connectivity index is 1.72. The number of hydrogen-bond donors (Lipinski definition) is 4. The van der Waals surface area contributed by atoms with E-state index in [1.165, 1.54) is 24.3 Å². The predicted octanol–water partition coefficient (Wildman–Crippen LogP) is 3.04. The second kappa shape index (κ2) is 6.53. The molecule has 138 valence electrons. The van der Waals surface area contributed by atoms with Crippen LogP contribution < -0.4 is 0 Å². The van der Waals surface area contributed by atoms with Crippen molar-refractivity contribution >= 4 is 5.78 Å². The number of benzene rings is 2. The zero-order valence-corrected chi connectivity index (χ0v) is 14.7. The van der Waals surface area contributed by atoms with E-state index in [4.69, 9.17) is 4.74 Å². The van der Waals surface area contributed by atoms with Gasteiger partial charge in [-0.3, -0.25) is 4.79 Å². The Labute approximate surface area is 151 Å². The summed E-state index contributed by atoms with van der Waals surface area (Å²) < 4.78 is 5.52. The second-order valence-corrected chi connectivity index (χ2v) is 7.16. The molecule has 0 aromatic heterocycles. The number of carbonyl (C=O) groups is 1. The number of hydrogen-bond acceptors (Lipinski definition) is 6. The van der Waals surface area contributed by atoms with E-state index in [-0.39, 0.29) is 52.5 Å². The summed E-state index contributed by atoms with van der Waals surface area (Å²) in [5.74, 6) is -1.05. The lowest BCUT2D eigenvalue weighted by Gasteiger charge is -2.10. The van der Waals surface area contributed by atoms with Crippen molar-refractivity contribution in [3.05, 3.63) is 47.0 Å². The molecule has 1 aliphatic heterocycles. The van der Waals surface area contributed by atoms with Crippen LogP contribution in [-0.4, -0.2) is 37.9 Å². The first-order chi connectivity index (χ1) is 12.2. The molecule has 0 radical (unpaired) electrons. The summed E-state index contributed by atoms with van der Waals surface area (Å²) in [6, 6.07) is 7.08. The highest BCUT2D eigenvalue weighted by Gasteiger charge is 2.47. The van der Waals surface area contributed by atoms with E-state index < -0.39 is 0 Å². The molecule has 6 heteroatoms. The van der Waals surface area contributed by atoms with Crippen LogP contribution in [0.15, 0.2) is 30.3 Å². The van der Waals surface area contributed by atoms with E-state index in [0.29, 0.717) is 24.0 Å². The lowest BCUT2D eigenvalue weighted by molar-refractivity contribution is 0.0980. The van der Waals surface area contributed by atoms with Crippen LogP contribution >= 0.6 is 0 Å². The first-order valence-electron chi connectivity index (χ1n) is 8.44. The SMILES string of the molecule is CC1(C)O[C@@H]1Cc1cc(C(=O)CCc2ccc(O)c(O)c2)c(O)cc1O. The average Bonchev–Trinajstić information content (AvgIpc) is 3.17. The zero-order valence-electron chi connectivity index (χ0n) is 14.7. The van der Waals surface area contributed by atoms with Gasteiger partial charge in [0.15, 0.2) is 17.3 Å². The molecule has 4 N–H and O–H groups in total. The van der Waals surface area contributed by atoms with Crippen LogP contribution in [-0.2, 0) is 17.6 Å². The zero-order chi connectivity index (χ0) is 19.1. The van der Waals surface area contributed by atoms with Gasteiger partial charge in [-0.2, -0.15) is 0 Å². The third-order valence-corrected chi connectivity index (χ3v) is 4.75. The fourth-order valence-corrected chi connectivity index (χ4v) is 2.95. The number of ether oxygens (including phenoxy) is 1. The van der Waals surface area contributed by atoms with Gasteiger partial charge in [0.1, 0.15) is 11.5 Å². The van der Waals surface area contributed by atoms with Crippen LogP contribution in [0, 0.1) is 0 Å². The third kappa shape index (κ3) is 3.75. The molecule has 26 heavy (non-hydrogen) atoms. The number of phenols is 4. The molecule has 1 atom stereocenters. The average molecular weight is 358 g/mol. The number of Topliss-reactive ketones (excluding diaryl/α,β-unsaturated/α-hetero) is 1. The van der Waals surface area contributed by atoms with Crippen LogP contribution in [0.4, 0.5) is 0 Å². The van der Waals surface area contributed by atoms with Crippen molar-refractivity contribution in [3.63, 3.8) is 0 Å². The van der Waals surface area contributed by atoms with Crippen molar-refractivity contribution in [2.24, 2.45) is 0 Å². The Morgan fingerprint density at radius 3 is 2.31 bits per heavy atom. The van der Waals surface area contributed by atoms with Gasteiger partial charge in [-0.05, 0) is 49.6 Å². The molecule has 3 rings (SSSR count). The first kappa shape index (κ1) is 18.1. The molecular weight excluding hydrogens is 336 g/mol. The molecule has 6 nitrogen and oxygen atoms in total. The molecule has 0 unspecified atom stereocenters. The number of rotatable bonds is 6. The lowest BCUT2D eigenvalue weighted by atomic mass is 9.96. The maximum atomic E-state index is 12.5. The maximum absolute atomic E-state index is 12.5. The van der Waals surface area contributed by atoms with Crippen molar-refractivity contribution in [3.8, 4) is 23.0 Å². The van der Waals surface area contributed by atoms with E-state index in [9.17, 15) is 25.2 Å². The maximum Gasteiger partial charge on any atom is 0.166 e. The van der Waals surface area contributed by atoms with Gasteiger partial charge < -0.3 is 25.2 Å². The number of aryl methyl sites for hydroxylation is 1. The number of aromatic hydroxyl groups is 4. The van der Waals surface area contributed by atoms with E-state index in [1.807, 2.05) is 13.8 Å². The smallest absolute Gasteiger partial charge is 0.166 e. The molecule has 1 heterocycles. The minimum atomic E-state index is -0.271. The monoisotopic (exact) mass is 358 g/mol. The first-order valence-corrected chi connectivity index (χ1v) is 8.44. The van der Waals surface area contributed by atoms with Crippen LogP contribution in [0.3, 0.4) is 0 Å². The predicted molar refractivity (Wildman–Crippen MR) is 94.9 cm³/mol. The van der Waals surface area contributed by atoms with Gasteiger partial charge in [0.05, 0.1) is 17.3 Å². The number of ketones is 1. The van der Waals surface area contributed by atoms with Gasteiger partial charge in [0.25, 0.3) is 0 Å². The summed E-state index contributed by atoms with van der Waals surface area (Å²) in [6.45, 7) is 3.91. The molecule has 2 aromatic rings. The fraction of sp³-hybridized carbons (Fsp3) is 0.350. The largest absolute Gasteiger partial charge is 0.508 e. The van der Waals surface area contributed by atoms with Gasteiger partial charge in [-0.1, -0.05) is 6.07 Å². The standard InChI is InChI=1S/C20H22O6/c1-20(2)19(26-20)9-12-8-13(17(24)10-16(12)23)14(21)5-3-11-4-6-15(22)18(25)7-11/h4,6-8,10,19,22-25H,3,5,9H2,1-2H3/t19-/m1/s1. The summed E-state index contributed by atoms with van der Waals surface area (Å²) in [7, 11) is 0. The van der Waals surface area contributed by atoms with Crippen molar-refractivity contribution in [1.29, 1.82) is 0 Å². The number of carbonyl (C=O) groups excluding carboxylic acids is 1. The van der Waals surface area contributed by atoms with E-state index in [1.54, 1.807) is 6.07 Å². The van der Waals surface area contributed by atoms with Crippen molar-refractivity contribution < 1.29 is 30.0 Å². The number of epoxide rings is 1. The van der Waals surface area contributed by atoms with Crippen LogP contribution in [0.2, 0.25) is 0 Å². The lowest BCUT2D eigenvalue weighted by Crippen LogP contribution is -2.08. The van der Waals surface area contributed by atoms with Crippen LogP contribution in [0.1, 0.15) is 41.8 Å². The third-order valence-electron chi connectivity index (χ3n) is 4.75. The van der Waals surface area contributed by atoms with Crippen LogP contribution in [0.25, 0.3) is 0 Å². The molecule has 2 aromatic carbocycles. The Bertz CT molecular complexity index is 856. The van der Waals surface area contributed by atoms with Gasteiger partial charge >= 0.3 is 0 Å². The molecule has 0 aliphatic carbocycles. The topological polar surface area (TPSA) is 111 Å². The summed E-state index contributed by atoms with van der Waals surface area (Å²) in [5, 5.41) is 38.9. The molecule has 0 amide bonds. The fourth-order valence-electron chi connectivity index (χ4n) is 2.95. The summed E-state index contributed by atoms with van der Waals surface area (Å²) >= 11 is 0. The van der Waals surface area contributed by atoms with Gasteiger partial charge in [-0.15, -0.1) is 0 Å². The molecule has 1 fully saturated rings. The summed E-state index contributed by atoms with van der Waals surface area (Å²) in [5.41, 5.74) is 1.17. The highest BCUT2D eigenvalue weighted by atomic mass is 16.6. The molecule has 0 spiro atoms. The normalized spacial score (nSPS) is 17.8. The molecular formula is C20H22O6. The number of phenolic OH excluding ortho intramolecular Hbond substituents is 4. The minimum absolute atomic E-state index is 0.0270. The van der Waals surface area contributed by atoms with Gasteiger partial charge in [-0.25, -0.2) is 0 Å². The van der Waals surface area contributed by atoms with E-state index in [2.05, 4.69) is 0 Å². The Hall–Kier alpha value is -2.73. The van der Waals surface area contributed by atoms with Crippen LogP contribution in [0.5, 0.6) is 23.0 Å². The second-order valence-electron chi connectivity index (χ2n) is 7.16. The molecule has 0 saturated carbocycles. The Kier molecular flexibility index (Phi) is 4.54.